The number of nitrogens with zero attached hydrogens (tertiary/aromatic N) is 1. The fourth-order valence-corrected chi connectivity index (χ4v) is 4.42. The van der Waals surface area contributed by atoms with E-state index in [1.54, 1.807) is 24.3 Å². The van der Waals surface area contributed by atoms with E-state index in [1.807, 2.05) is 6.07 Å². The Balaban J connectivity index is 1.67. The highest BCUT2D eigenvalue weighted by atomic mass is 79.9. The molecule has 2 aromatic rings. The number of hydrazone groups is 1. The van der Waals surface area contributed by atoms with Crippen molar-refractivity contribution in [3.05, 3.63) is 49.3 Å². The Labute approximate surface area is 168 Å². The zero-order valence-corrected chi connectivity index (χ0v) is 17.3. The third-order valence-electron chi connectivity index (χ3n) is 3.35. The molecule has 0 unspecified atom stereocenters. The molecule has 130 valence electrons. The monoisotopic (exact) mass is 532 g/mol. The molecule has 1 aliphatic rings. The Bertz CT molecular complexity index is 858. The van der Waals surface area contributed by atoms with Crippen molar-refractivity contribution in [2.75, 3.05) is 6.61 Å². The van der Waals surface area contributed by atoms with Crippen molar-refractivity contribution in [1.29, 1.82) is 0 Å². The molecule has 0 aliphatic carbocycles. The van der Waals surface area contributed by atoms with Gasteiger partial charge >= 0.3 is 0 Å². The minimum atomic E-state index is -0.794. The van der Waals surface area contributed by atoms with E-state index in [9.17, 15) is 9.90 Å². The number of hydrogen-bond acceptors (Lipinski definition) is 5. The first-order valence-electron chi connectivity index (χ1n) is 7.05. The number of aromatic hydroxyl groups is 1. The maximum Gasteiger partial charge on any atom is 0.284 e. The van der Waals surface area contributed by atoms with Crippen LogP contribution in [-0.4, -0.2) is 29.9 Å². The maximum atomic E-state index is 12.2. The van der Waals surface area contributed by atoms with E-state index in [1.165, 1.54) is 6.21 Å². The number of para-hydroxylation sites is 2. The summed E-state index contributed by atoms with van der Waals surface area (Å²) in [5.74, 6) is 0.727. The molecule has 0 radical (unpaired) electrons. The van der Waals surface area contributed by atoms with Crippen molar-refractivity contribution < 1.29 is 19.4 Å². The molecule has 6 nitrogen and oxygen atoms in total. The fraction of sp³-hybridized carbons (Fsp3) is 0.125. The fourth-order valence-electron chi connectivity index (χ4n) is 2.09. The van der Waals surface area contributed by atoms with Crippen molar-refractivity contribution in [2.45, 2.75) is 6.10 Å². The number of halogens is 3. The quantitative estimate of drug-likeness (QED) is 0.461. The number of carbonyl (C=O) groups is 1. The Morgan fingerprint density at radius 2 is 1.96 bits per heavy atom. The van der Waals surface area contributed by atoms with Gasteiger partial charge in [0, 0.05) is 10.0 Å². The average Bonchev–Trinajstić information content (AvgIpc) is 2.62. The zero-order valence-electron chi connectivity index (χ0n) is 12.5. The lowest BCUT2D eigenvalue weighted by Gasteiger charge is -2.24. The van der Waals surface area contributed by atoms with E-state index >= 15 is 0 Å². The van der Waals surface area contributed by atoms with Crippen LogP contribution in [0.25, 0.3) is 0 Å². The van der Waals surface area contributed by atoms with Gasteiger partial charge in [0.25, 0.3) is 5.91 Å². The van der Waals surface area contributed by atoms with E-state index < -0.39 is 12.0 Å². The number of phenols is 1. The molecule has 2 N–H and O–H groups in total. The Morgan fingerprint density at radius 1 is 1.24 bits per heavy atom. The van der Waals surface area contributed by atoms with E-state index in [4.69, 9.17) is 9.47 Å². The molecule has 0 bridgehead atoms. The third kappa shape index (κ3) is 3.99. The number of hydrogen-bond donors (Lipinski definition) is 2. The normalized spacial score (nSPS) is 16.0. The molecule has 1 atom stereocenters. The smallest absolute Gasteiger partial charge is 0.284 e. The summed E-state index contributed by atoms with van der Waals surface area (Å²) in [5, 5.41) is 13.8. The lowest BCUT2D eigenvalue weighted by atomic mass is 10.2. The van der Waals surface area contributed by atoms with E-state index in [2.05, 4.69) is 58.3 Å². The van der Waals surface area contributed by atoms with Crippen molar-refractivity contribution in [2.24, 2.45) is 5.10 Å². The van der Waals surface area contributed by atoms with Gasteiger partial charge in [-0.1, -0.05) is 28.1 Å². The van der Waals surface area contributed by atoms with Crippen molar-refractivity contribution in [3.8, 4) is 17.2 Å². The summed E-state index contributed by atoms with van der Waals surface area (Å²) in [6.45, 7) is 0.102. The lowest BCUT2D eigenvalue weighted by molar-refractivity contribution is -0.130. The number of nitrogens with one attached hydrogen (secondary N) is 1. The van der Waals surface area contributed by atoms with E-state index in [0.29, 0.717) is 30.5 Å². The summed E-state index contributed by atoms with van der Waals surface area (Å²) in [4.78, 5) is 12.2. The van der Waals surface area contributed by atoms with E-state index in [-0.39, 0.29) is 12.4 Å². The molecular formula is C16H11Br3N2O4. The molecule has 25 heavy (non-hydrogen) atoms. The largest absolute Gasteiger partial charge is 0.506 e. The van der Waals surface area contributed by atoms with Gasteiger partial charge in [-0.15, -0.1) is 0 Å². The van der Waals surface area contributed by atoms with Crippen LogP contribution in [0.4, 0.5) is 0 Å². The number of ether oxygens (including phenoxy) is 2. The molecule has 3 rings (SSSR count). The molecule has 1 heterocycles. The van der Waals surface area contributed by atoms with Crippen LogP contribution in [0.15, 0.2) is 48.9 Å². The SMILES string of the molecule is O=C(N/N=C/c1c(Br)cc(Br)c(O)c1Br)[C@H]1COc2ccccc2O1. The standard InChI is InChI=1S/C16H11Br3N2O4/c17-9-5-10(18)15(22)14(19)8(9)6-20-21-16(23)13-7-24-11-3-1-2-4-12(11)25-13/h1-6,13,22H,7H2,(H,21,23)/b20-6+/t13-/m1/s1. The summed E-state index contributed by atoms with van der Waals surface area (Å²) < 4.78 is 12.8. The second-order valence-corrected chi connectivity index (χ2v) is 7.52. The van der Waals surface area contributed by atoms with Gasteiger partial charge in [-0.3, -0.25) is 4.79 Å². The third-order valence-corrected chi connectivity index (χ3v) is 5.41. The van der Waals surface area contributed by atoms with Crippen LogP contribution >= 0.6 is 47.8 Å². The predicted molar refractivity (Wildman–Crippen MR) is 103 cm³/mol. The average molecular weight is 535 g/mol. The van der Waals surface area contributed by atoms with Crippen LogP contribution in [0.3, 0.4) is 0 Å². The highest BCUT2D eigenvalue weighted by Gasteiger charge is 2.27. The molecule has 2 aromatic carbocycles. The van der Waals surface area contributed by atoms with Gasteiger partial charge in [0.05, 0.1) is 15.2 Å². The molecule has 0 saturated heterocycles. The number of benzene rings is 2. The number of amides is 1. The molecule has 0 saturated carbocycles. The first-order chi connectivity index (χ1) is 12.0. The van der Waals surface area contributed by atoms with Crippen LogP contribution in [0.2, 0.25) is 0 Å². The summed E-state index contributed by atoms with van der Waals surface area (Å²) in [5.41, 5.74) is 2.99. The molecule has 1 aliphatic heterocycles. The molecule has 0 fully saturated rings. The van der Waals surface area contributed by atoms with Gasteiger partial charge in [-0.2, -0.15) is 5.10 Å². The highest BCUT2D eigenvalue weighted by Crippen LogP contribution is 2.38. The maximum absolute atomic E-state index is 12.2. The van der Waals surface area contributed by atoms with Gasteiger partial charge in [0.15, 0.2) is 11.5 Å². The molecule has 1 amide bonds. The first kappa shape index (κ1) is 18.2. The summed E-state index contributed by atoms with van der Waals surface area (Å²) in [7, 11) is 0. The minimum Gasteiger partial charge on any atom is -0.506 e. The molecule has 0 aromatic heterocycles. The van der Waals surface area contributed by atoms with Crippen molar-refractivity contribution in [1.82, 2.24) is 5.43 Å². The number of rotatable bonds is 3. The van der Waals surface area contributed by atoms with Gasteiger partial charge < -0.3 is 14.6 Å². The van der Waals surface area contributed by atoms with Gasteiger partial charge in [0.2, 0.25) is 6.10 Å². The number of carbonyl (C=O) groups excluding carboxylic acids is 1. The lowest BCUT2D eigenvalue weighted by Crippen LogP contribution is -2.42. The zero-order chi connectivity index (χ0) is 18.0. The van der Waals surface area contributed by atoms with Gasteiger partial charge in [0.1, 0.15) is 12.4 Å². The van der Waals surface area contributed by atoms with E-state index in [0.717, 1.165) is 0 Å². The second-order valence-electron chi connectivity index (χ2n) is 5.01. The molecular weight excluding hydrogens is 524 g/mol. The van der Waals surface area contributed by atoms with Gasteiger partial charge in [-0.05, 0) is 50.1 Å². The van der Waals surface area contributed by atoms with Crippen LogP contribution in [0.5, 0.6) is 17.2 Å². The summed E-state index contributed by atoms with van der Waals surface area (Å²) >= 11 is 9.89. The second kappa shape index (κ2) is 7.76. The van der Waals surface area contributed by atoms with Crippen molar-refractivity contribution >= 4 is 59.9 Å². The topological polar surface area (TPSA) is 80.2 Å². The molecule has 0 spiro atoms. The Hall–Kier alpha value is -1.58. The Kier molecular flexibility index (Phi) is 5.65. The summed E-state index contributed by atoms with van der Waals surface area (Å²) in [6.07, 6.45) is 0.618. The molecule has 9 heteroatoms. The highest BCUT2D eigenvalue weighted by molar-refractivity contribution is 9.11. The van der Waals surface area contributed by atoms with Crippen LogP contribution < -0.4 is 14.9 Å². The van der Waals surface area contributed by atoms with Crippen LogP contribution in [-0.2, 0) is 4.79 Å². The van der Waals surface area contributed by atoms with Crippen LogP contribution in [0.1, 0.15) is 5.56 Å². The number of fused-ring (bicyclic) bond motifs is 1. The van der Waals surface area contributed by atoms with Crippen molar-refractivity contribution in [3.63, 3.8) is 0 Å². The van der Waals surface area contributed by atoms with Gasteiger partial charge in [-0.25, -0.2) is 5.43 Å². The first-order valence-corrected chi connectivity index (χ1v) is 9.43. The predicted octanol–water partition coefficient (Wildman–Crippen LogP) is 3.97. The Morgan fingerprint density at radius 3 is 2.72 bits per heavy atom. The summed E-state index contributed by atoms with van der Waals surface area (Å²) in [6, 6.07) is 8.82. The minimum absolute atomic E-state index is 0.0385. The number of phenolic OH excluding ortho intramolecular Hbond substituents is 1. The van der Waals surface area contributed by atoms with Crippen LogP contribution in [0, 0.1) is 0 Å².